The Hall–Kier alpha value is -1.65. The molecule has 2 aromatic rings. The number of amides is 1. The average Bonchev–Trinajstić information content (AvgIpc) is 2.44. The van der Waals surface area contributed by atoms with Gasteiger partial charge in [0, 0.05) is 12.7 Å². The Labute approximate surface area is 125 Å². The Kier molecular flexibility index (Phi) is 4.93. The molecule has 0 saturated carbocycles. The van der Waals surface area contributed by atoms with E-state index >= 15 is 0 Å². The zero-order valence-electron chi connectivity index (χ0n) is 10.4. The smallest absolute Gasteiger partial charge is 0.252 e. The number of carbonyl (C=O) groups excluding carboxylic acids is 1. The Morgan fingerprint density at radius 2 is 1.95 bits per heavy atom. The van der Waals surface area contributed by atoms with E-state index in [1.165, 1.54) is 24.4 Å². The number of nitrogens with one attached hydrogen (secondary N) is 1. The molecule has 0 saturated heterocycles. The molecule has 1 amide bonds. The summed E-state index contributed by atoms with van der Waals surface area (Å²) in [5.74, 6) is -0.558. The minimum atomic E-state index is -0.279. The number of benzene rings is 1. The number of hydrogen-bond acceptors (Lipinski definition) is 2. The maximum Gasteiger partial charge on any atom is 0.252 e. The highest BCUT2D eigenvalue weighted by molar-refractivity contribution is 6.41. The van der Waals surface area contributed by atoms with E-state index in [1.807, 2.05) is 0 Å². The van der Waals surface area contributed by atoms with Crippen LogP contribution < -0.4 is 5.32 Å². The Morgan fingerprint density at radius 3 is 2.60 bits per heavy atom. The third kappa shape index (κ3) is 3.92. The van der Waals surface area contributed by atoms with Gasteiger partial charge < -0.3 is 5.32 Å². The van der Waals surface area contributed by atoms with E-state index in [2.05, 4.69) is 10.3 Å². The van der Waals surface area contributed by atoms with E-state index in [0.29, 0.717) is 18.5 Å². The van der Waals surface area contributed by atoms with E-state index in [1.54, 1.807) is 12.1 Å². The van der Waals surface area contributed by atoms with Crippen molar-refractivity contribution >= 4 is 29.1 Å². The molecular weight excluding hydrogens is 302 g/mol. The number of nitrogens with zero attached hydrogens (tertiary/aromatic N) is 1. The second-order valence-corrected chi connectivity index (χ2v) is 4.89. The molecule has 1 aromatic heterocycles. The van der Waals surface area contributed by atoms with Gasteiger partial charge in [-0.25, -0.2) is 9.37 Å². The van der Waals surface area contributed by atoms with Gasteiger partial charge in [0.1, 0.15) is 11.0 Å². The fourth-order valence-corrected chi connectivity index (χ4v) is 1.89. The molecule has 0 aliphatic rings. The molecule has 1 aromatic carbocycles. The number of aromatic nitrogens is 1. The van der Waals surface area contributed by atoms with Crippen molar-refractivity contribution in [3.8, 4) is 0 Å². The molecule has 0 aliphatic carbocycles. The van der Waals surface area contributed by atoms with Gasteiger partial charge in [0.05, 0.1) is 10.6 Å². The summed E-state index contributed by atoms with van der Waals surface area (Å²) in [5, 5.41) is 3.13. The molecule has 0 aliphatic heterocycles. The van der Waals surface area contributed by atoms with Crippen LogP contribution in [0.25, 0.3) is 0 Å². The predicted molar refractivity (Wildman–Crippen MR) is 76.7 cm³/mol. The van der Waals surface area contributed by atoms with Gasteiger partial charge in [0.15, 0.2) is 0 Å². The summed E-state index contributed by atoms with van der Waals surface area (Å²) in [5.41, 5.74) is 1.29. The van der Waals surface area contributed by atoms with Crippen molar-refractivity contribution in [2.24, 2.45) is 0 Å². The van der Waals surface area contributed by atoms with Gasteiger partial charge in [-0.05, 0) is 30.2 Å². The van der Waals surface area contributed by atoms with Crippen molar-refractivity contribution in [1.82, 2.24) is 10.3 Å². The van der Waals surface area contributed by atoms with Crippen LogP contribution >= 0.6 is 23.2 Å². The SMILES string of the molecule is O=C(NCCc1ccc(F)cc1)c1cnc(Cl)c(Cl)c1. The van der Waals surface area contributed by atoms with Crippen LogP contribution in [0, 0.1) is 5.82 Å². The zero-order valence-corrected chi connectivity index (χ0v) is 11.9. The molecule has 0 unspecified atom stereocenters. The number of pyridine rings is 1. The molecule has 0 radical (unpaired) electrons. The van der Waals surface area contributed by atoms with Gasteiger partial charge in [0.25, 0.3) is 5.91 Å². The van der Waals surface area contributed by atoms with Crippen LogP contribution in [-0.4, -0.2) is 17.4 Å². The minimum absolute atomic E-state index is 0.162. The first-order valence-corrected chi connectivity index (χ1v) is 6.65. The van der Waals surface area contributed by atoms with Crippen LogP contribution in [0.1, 0.15) is 15.9 Å². The highest BCUT2D eigenvalue weighted by Gasteiger charge is 2.08. The van der Waals surface area contributed by atoms with Crippen molar-refractivity contribution in [2.45, 2.75) is 6.42 Å². The number of carbonyl (C=O) groups is 1. The Balaban J connectivity index is 1.88. The standard InChI is InChI=1S/C14H11Cl2FN2O/c15-12-7-10(8-19-13(12)16)14(20)18-6-5-9-1-3-11(17)4-2-9/h1-4,7-8H,5-6H2,(H,18,20). The highest BCUT2D eigenvalue weighted by atomic mass is 35.5. The van der Waals surface area contributed by atoms with E-state index in [4.69, 9.17) is 23.2 Å². The fraction of sp³-hybridized carbons (Fsp3) is 0.143. The third-order valence-electron chi connectivity index (χ3n) is 2.67. The normalized spacial score (nSPS) is 10.3. The lowest BCUT2D eigenvalue weighted by Gasteiger charge is -2.06. The van der Waals surface area contributed by atoms with Crippen molar-refractivity contribution in [3.05, 3.63) is 63.6 Å². The van der Waals surface area contributed by atoms with E-state index in [9.17, 15) is 9.18 Å². The lowest BCUT2D eigenvalue weighted by Crippen LogP contribution is -2.25. The predicted octanol–water partition coefficient (Wildman–Crippen LogP) is 3.50. The van der Waals surface area contributed by atoms with Crippen LogP contribution in [0.3, 0.4) is 0 Å². The van der Waals surface area contributed by atoms with Crippen LogP contribution in [0.5, 0.6) is 0 Å². The lowest BCUT2D eigenvalue weighted by atomic mass is 10.1. The van der Waals surface area contributed by atoms with Gasteiger partial charge in [-0.15, -0.1) is 0 Å². The number of halogens is 3. The van der Waals surface area contributed by atoms with Gasteiger partial charge in [-0.1, -0.05) is 35.3 Å². The molecule has 0 atom stereocenters. The number of hydrogen-bond donors (Lipinski definition) is 1. The molecule has 3 nitrogen and oxygen atoms in total. The molecule has 2 rings (SSSR count). The quantitative estimate of drug-likeness (QED) is 0.878. The van der Waals surface area contributed by atoms with Crippen molar-refractivity contribution in [2.75, 3.05) is 6.54 Å². The van der Waals surface area contributed by atoms with E-state index < -0.39 is 0 Å². The Morgan fingerprint density at radius 1 is 1.25 bits per heavy atom. The van der Waals surface area contributed by atoms with Gasteiger partial charge >= 0.3 is 0 Å². The molecule has 0 fully saturated rings. The molecule has 0 bridgehead atoms. The van der Waals surface area contributed by atoms with Crippen LogP contribution in [0.2, 0.25) is 10.2 Å². The molecule has 104 valence electrons. The highest BCUT2D eigenvalue weighted by Crippen LogP contribution is 2.19. The largest absolute Gasteiger partial charge is 0.352 e. The van der Waals surface area contributed by atoms with Gasteiger partial charge in [0.2, 0.25) is 0 Å². The van der Waals surface area contributed by atoms with Crippen molar-refractivity contribution in [1.29, 1.82) is 0 Å². The van der Waals surface area contributed by atoms with Crippen molar-refractivity contribution in [3.63, 3.8) is 0 Å². The fourth-order valence-electron chi connectivity index (χ4n) is 1.62. The van der Waals surface area contributed by atoms with Gasteiger partial charge in [-0.3, -0.25) is 4.79 Å². The molecule has 0 spiro atoms. The van der Waals surface area contributed by atoms with Gasteiger partial charge in [-0.2, -0.15) is 0 Å². The number of rotatable bonds is 4. The molecular formula is C14H11Cl2FN2O. The second-order valence-electron chi connectivity index (χ2n) is 4.13. The minimum Gasteiger partial charge on any atom is -0.352 e. The van der Waals surface area contributed by atoms with Crippen molar-refractivity contribution < 1.29 is 9.18 Å². The third-order valence-corrected chi connectivity index (χ3v) is 3.36. The lowest BCUT2D eigenvalue weighted by molar-refractivity contribution is 0.0954. The molecule has 1 N–H and O–H groups in total. The molecule has 20 heavy (non-hydrogen) atoms. The first-order valence-electron chi connectivity index (χ1n) is 5.90. The summed E-state index contributed by atoms with van der Waals surface area (Å²) in [6.07, 6.45) is 1.97. The summed E-state index contributed by atoms with van der Waals surface area (Å²) in [6.45, 7) is 0.435. The summed E-state index contributed by atoms with van der Waals surface area (Å²) in [4.78, 5) is 15.6. The Bertz CT molecular complexity index is 617. The van der Waals surface area contributed by atoms with Crippen LogP contribution in [-0.2, 0) is 6.42 Å². The first kappa shape index (κ1) is 14.8. The first-order chi connectivity index (χ1) is 9.56. The molecule has 1 heterocycles. The second kappa shape index (κ2) is 6.68. The van der Waals surface area contributed by atoms with Crippen LogP contribution in [0.15, 0.2) is 36.5 Å². The maximum absolute atomic E-state index is 12.7. The molecule has 6 heteroatoms. The monoisotopic (exact) mass is 312 g/mol. The van der Waals surface area contributed by atoms with Crippen LogP contribution in [0.4, 0.5) is 4.39 Å². The maximum atomic E-state index is 12.7. The summed E-state index contributed by atoms with van der Waals surface area (Å²) in [7, 11) is 0. The van der Waals surface area contributed by atoms with E-state index in [0.717, 1.165) is 5.56 Å². The average molecular weight is 313 g/mol. The summed E-state index contributed by atoms with van der Waals surface area (Å²) < 4.78 is 12.7. The topological polar surface area (TPSA) is 42.0 Å². The van der Waals surface area contributed by atoms with E-state index in [-0.39, 0.29) is 21.9 Å². The summed E-state index contributed by atoms with van der Waals surface area (Å²) >= 11 is 11.5. The summed E-state index contributed by atoms with van der Waals surface area (Å²) in [6, 6.07) is 7.61. The zero-order chi connectivity index (χ0) is 14.5.